The van der Waals surface area contributed by atoms with Crippen molar-refractivity contribution in [1.82, 2.24) is 0 Å². The van der Waals surface area contributed by atoms with E-state index in [0.29, 0.717) is 16.3 Å². The highest BCUT2D eigenvalue weighted by atomic mass is 32.2. The van der Waals surface area contributed by atoms with Crippen LogP contribution in [0.5, 0.6) is 5.75 Å². The third-order valence-corrected chi connectivity index (χ3v) is 8.95. The molecule has 194 valence electrons. The van der Waals surface area contributed by atoms with Crippen molar-refractivity contribution in [1.29, 1.82) is 0 Å². The molecule has 39 heavy (non-hydrogen) atoms. The summed E-state index contributed by atoms with van der Waals surface area (Å²) in [5.41, 5.74) is -2.58. The Hall–Kier alpha value is -4.10. The van der Waals surface area contributed by atoms with E-state index in [1.165, 1.54) is 6.07 Å². The van der Waals surface area contributed by atoms with Crippen LogP contribution in [0.1, 0.15) is 25.0 Å². The van der Waals surface area contributed by atoms with Crippen LogP contribution in [-0.2, 0) is 15.5 Å². The van der Waals surface area contributed by atoms with Crippen molar-refractivity contribution in [2.45, 2.75) is 24.8 Å². The summed E-state index contributed by atoms with van der Waals surface area (Å²) in [4.78, 5) is 0. The van der Waals surface area contributed by atoms with Crippen molar-refractivity contribution in [3.8, 4) is 16.9 Å². The highest BCUT2D eigenvalue weighted by Gasteiger charge is 2.49. The lowest BCUT2D eigenvalue weighted by molar-refractivity contribution is -0.0499. The summed E-state index contributed by atoms with van der Waals surface area (Å²) in [6.07, 6.45) is 0. The molecule has 0 saturated carbocycles. The van der Waals surface area contributed by atoms with Gasteiger partial charge in [0.1, 0.15) is 0 Å². The number of hydrogen-bond acceptors (Lipinski definition) is 3. The monoisotopic (exact) mass is 542 g/mol. The molecular formula is C32H21F3O3S. The van der Waals surface area contributed by atoms with Crippen molar-refractivity contribution in [3.63, 3.8) is 0 Å². The molecule has 0 radical (unpaired) electrons. The number of halogens is 3. The lowest BCUT2D eigenvalue weighted by Gasteiger charge is -2.23. The predicted molar refractivity (Wildman–Crippen MR) is 150 cm³/mol. The van der Waals surface area contributed by atoms with Gasteiger partial charge in [0.05, 0.1) is 0 Å². The van der Waals surface area contributed by atoms with Gasteiger partial charge in [0.2, 0.25) is 0 Å². The number of hydrogen-bond donors (Lipinski definition) is 0. The van der Waals surface area contributed by atoms with Gasteiger partial charge in [-0.25, -0.2) is 0 Å². The Bertz CT molecular complexity index is 2130. The van der Waals surface area contributed by atoms with Gasteiger partial charge in [-0.05, 0) is 78.2 Å². The van der Waals surface area contributed by atoms with Crippen molar-refractivity contribution in [2.75, 3.05) is 0 Å². The summed E-state index contributed by atoms with van der Waals surface area (Å²) >= 11 is 0. The van der Waals surface area contributed by atoms with Gasteiger partial charge < -0.3 is 4.18 Å². The first kappa shape index (κ1) is 24.0. The van der Waals surface area contributed by atoms with Gasteiger partial charge in [-0.15, -0.1) is 0 Å². The minimum Gasteiger partial charge on any atom is -0.375 e. The zero-order valence-electron chi connectivity index (χ0n) is 20.9. The first-order valence-electron chi connectivity index (χ1n) is 12.4. The molecule has 0 atom stereocenters. The molecule has 0 N–H and O–H groups in total. The minimum atomic E-state index is -5.84. The Labute approximate surface area is 222 Å². The molecule has 1 aliphatic rings. The third kappa shape index (κ3) is 3.26. The van der Waals surface area contributed by atoms with Crippen LogP contribution in [0, 0.1) is 0 Å². The van der Waals surface area contributed by atoms with E-state index >= 15 is 0 Å². The van der Waals surface area contributed by atoms with Crippen LogP contribution in [-0.4, -0.2) is 13.9 Å². The minimum absolute atomic E-state index is 0.302. The van der Waals surface area contributed by atoms with Gasteiger partial charge in [0.25, 0.3) is 0 Å². The van der Waals surface area contributed by atoms with Crippen LogP contribution in [0.25, 0.3) is 54.2 Å². The molecule has 0 aromatic heterocycles. The topological polar surface area (TPSA) is 43.4 Å². The van der Waals surface area contributed by atoms with E-state index in [1.54, 1.807) is 24.3 Å². The van der Waals surface area contributed by atoms with Gasteiger partial charge >= 0.3 is 15.6 Å². The molecule has 1 aliphatic carbocycles. The first-order chi connectivity index (χ1) is 18.5. The maximum atomic E-state index is 13.3. The number of fused-ring (bicyclic) bond motifs is 11. The Morgan fingerprint density at radius 1 is 0.615 bits per heavy atom. The van der Waals surface area contributed by atoms with Crippen LogP contribution in [0.15, 0.2) is 91.0 Å². The lowest BCUT2D eigenvalue weighted by atomic mass is 9.81. The molecule has 6 aromatic carbocycles. The van der Waals surface area contributed by atoms with Gasteiger partial charge in [-0.3, -0.25) is 0 Å². The summed E-state index contributed by atoms with van der Waals surface area (Å²) in [7, 11) is -5.84. The van der Waals surface area contributed by atoms with Gasteiger partial charge in [0.15, 0.2) is 5.75 Å². The zero-order valence-corrected chi connectivity index (χ0v) is 21.7. The molecule has 0 unspecified atom stereocenters. The first-order valence-corrected chi connectivity index (χ1v) is 13.8. The molecule has 7 rings (SSSR count). The van der Waals surface area contributed by atoms with E-state index in [2.05, 4.69) is 36.4 Å². The molecule has 0 spiro atoms. The Kier molecular flexibility index (Phi) is 4.75. The second-order valence-corrected chi connectivity index (χ2v) is 12.0. The summed E-state index contributed by atoms with van der Waals surface area (Å²) in [5.74, 6) is -0.331. The van der Waals surface area contributed by atoms with Crippen LogP contribution in [0.2, 0.25) is 0 Å². The Morgan fingerprint density at radius 3 is 1.62 bits per heavy atom. The van der Waals surface area contributed by atoms with Crippen LogP contribution in [0.4, 0.5) is 13.2 Å². The van der Waals surface area contributed by atoms with E-state index in [9.17, 15) is 21.6 Å². The number of rotatable bonds is 2. The number of alkyl halides is 3. The Balaban J connectivity index is 1.60. The fourth-order valence-corrected chi connectivity index (χ4v) is 6.65. The average Bonchev–Trinajstić information content (AvgIpc) is 3.13. The maximum absolute atomic E-state index is 13.3. The average molecular weight is 543 g/mol. The van der Waals surface area contributed by atoms with Gasteiger partial charge in [-0.2, -0.15) is 21.6 Å². The summed E-state index contributed by atoms with van der Waals surface area (Å²) in [6.45, 7) is 4.01. The molecule has 3 nitrogen and oxygen atoms in total. The quantitative estimate of drug-likeness (QED) is 0.125. The second-order valence-electron chi connectivity index (χ2n) is 10.5. The molecule has 0 bridgehead atoms. The van der Waals surface area contributed by atoms with E-state index < -0.39 is 21.0 Å². The van der Waals surface area contributed by atoms with Crippen molar-refractivity contribution in [2.24, 2.45) is 0 Å². The molecule has 7 heteroatoms. The van der Waals surface area contributed by atoms with Crippen LogP contribution in [0.3, 0.4) is 0 Å². The van der Waals surface area contributed by atoms with Crippen LogP contribution >= 0.6 is 0 Å². The van der Waals surface area contributed by atoms with E-state index in [0.717, 1.165) is 49.0 Å². The second kappa shape index (κ2) is 7.73. The van der Waals surface area contributed by atoms with E-state index in [4.69, 9.17) is 4.18 Å². The molecule has 0 aliphatic heterocycles. The van der Waals surface area contributed by atoms with Crippen molar-refractivity contribution < 1.29 is 25.8 Å². The fraction of sp³-hybridized carbons (Fsp3) is 0.125. The van der Waals surface area contributed by atoms with Gasteiger partial charge in [-0.1, -0.05) is 86.6 Å². The largest absolute Gasteiger partial charge is 0.534 e. The molecule has 0 saturated heterocycles. The lowest BCUT2D eigenvalue weighted by Crippen LogP contribution is -2.28. The highest BCUT2D eigenvalue weighted by Crippen LogP contribution is 2.55. The van der Waals surface area contributed by atoms with E-state index in [-0.39, 0.29) is 5.75 Å². The van der Waals surface area contributed by atoms with E-state index in [1.807, 2.05) is 38.1 Å². The fourth-order valence-electron chi connectivity index (χ4n) is 6.18. The Morgan fingerprint density at radius 2 is 1.08 bits per heavy atom. The maximum Gasteiger partial charge on any atom is 0.534 e. The highest BCUT2D eigenvalue weighted by molar-refractivity contribution is 7.88. The van der Waals surface area contributed by atoms with Crippen LogP contribution < -0.4 is 4.18 Å². The van der Waals surface area contributed by atoms with Crippen molar-refractivity contribution in [3.05, 3.63) is 102 Å². The van der Waals surface area contributed by atoms with Gasteiger partial charge in [0, 0.05) is 10.8 Å². The molecule has 6 aromatic rings. The van der Waals surface area contributed by atoms with Crippen molar-refractivity contribution >= 4 is 53.2 Å². The molecular weight excluding hydrogens is 521 g/mol. The SMILES string of the molecule is CC1(C)c2cc3c4ccccc4c4ccccc4c3cc2-c2c1cc(OS(=O)(=O)C(F)(F)F)c1ccccc21. The number of benzene rings is 6. The third-order valence-electron chi connectivity index (χ3n) is 7.99. The molecule has 0 amide bonds. The summed E-state index contributed by atoms with van der Waals surface area (Å²) in [6, 6.07) is 29.2. The normalized spacial score (nSPS) is 14.7. The smallest absolute Gasteiger partial charge is 0.375 e. The summed E-state index contributed by atoms with van der Waals surface area (Å²) < 4.78 is 68.5. The standard InChI is InChI=1S/C32H21F3O3S/c1-31(2)27-16-25-21-12-6-4-10-19(21)18-9-3-5-11-20(18)24(25)15-26(27)30-23-14-8-7-13-22(23)29(17-28(30)31)38-39(36,37)32(33,34)35/h3-17H,1-2H3. The zero-order chi connectivity index (χ0) is 27.3. The molecule has 0 heterocycles. The predicted octanol–water partition coefficient (Wildman–Crippen LogP) is 8.83. The summed E-state index contributed by atoms with van der Waals surface area (Å²) in [5, 5.41) is 7.62. The molecule has 0 fully saturated rings.